The molecule has 3 N–H and O–H groups in total. The summed E-state index contributed by atoms with van der Waals surface area (Å²) >= 11 is 0. The number of likely N-dealkylation sites (N-methyl/N-ethyl adjacent to an activating group) is 2. The molecule has 0 unspecified atom stereocenters. The maximum absolute atomic E-state index is 11.4. The van der Waals surface area contributed by atoms with Crippen molar-refractivity contribution in [3.05, 3.63) is 11.6 Å². The van der Waals surface area contributed by atoms with Crippen LogP contribution >= 0.6 is 0 Å². The van der Waals surface area contributed by atoms with Crippen molar-refractivity contribution in [2.24, 2.45) is 0 Å². The Bertz CT molecular complexity index is 310. The minimum absolute atomic E-state index is 0.0553. The molecular weight excluding hydrogens is 212 g/mol. The zero-order valence-corrected chi connectivity index (χ0v) is 9.37. The summed E-state index contributed by atoms with van der Waals surface area (Å²) in [5.41, 5.74) is -0.0553. The first-order valence-electron chi connectivity index (χ1n) is 4.99. The predicted octanol–water partition coefficient (Wildman–Crippen LogP) is -0.340. The number of carboxylic acids is 1. The number of nitrogens with one attached hydrogen (secondary N) is 2. The number of hydrogen-bond donors (Lipinski definition) is 3. The first-order valence-corrected chi connectivity index (χ1v) is 4.99. The van der Waals surface area contributed by atoms with E-state index in [4.69, 9.17) is 5.11 Å². The SMILES string of the molecule is CCNC(=O)C=C(CC(=O)O)C(=O)NCC. The van der Waals surface area contributed by atoms with Crippen molar-refractivity contribution >= 4 is 17.8 Å². The monoisotopic (exact) mass is 228 g/mol. The number of carbonyl (C=O) groups is 3. The number of hydrogen-bond acceptors (Lipinski definition) is 3. The third kappa shape index (κ3) is 5.79. The maximum Gasteiger partial charge on any atom is 0.308 e. The second-order valence-electron chi connectivity index (χ2n) is 2.99. The predicted molar refractivity (Wildman–Crippen MR) is 57.7 cm³/mol. The van der Waals surface area contributed by atoms with Crippen LogP contribution in [0.3, 0.4) is 0 Å². The van der Waals surface area contributed by atoms with E-state index in [1.165, 1.54) is 0 Å². The Labute approximate surface area is 93.7 Å². The van der Waals surface area contributed by atoms with Gasteiger partial charge in [0.1, 0.15) is 0 Å². The smallest absolute Gasteiger partial charge is 0.308 e. The zero-order valence-electron chi connectivity index (χ0n) is 9.37. The highest BCUT2D eigenvalue weighted by atomic mass is 16.4. The third-order valence-electron chi connectivity index (χ3n) is 1.63. The van der Waals surface area contributed by atoms with Crippen molar-refractivity contribution in [3.8, 4) is 0 Å². The molecule has 0 bridgehead atoms. The van der Waals surface area contributed by atoms with Gasteiger partial charge in [-0.15, -0.1) is 0 Å². The highest BCUT2D eigenvalue weighted by molar-refractivity contribution is 6.03. The van der Waals surface area contributed by atoms with E-state index >= 15 is 0 Å². The van der Waals surface area contributed by atoms with Crippen LogP contribution in [0.25, 0.3) is 0 Å². The van der Waals surface area contributed by atoms with Crippen molar-refractivity contribution in [1.82, 2.24) is 10.6 Å². The van der Waals surface area contributed by atoms with E-state index in [2.05, 4.69) is 10.6 Å². The lowest BCUT2D eigenvalue weighted by Crippen LogP contribution is -2.28. The summed E-state index contributed by atoms with van der Waals surface area (Å²) in [6.07, 6.45) is 0.547. The van der Waals surface area contributed by atoms with Crippen LogP contribution in [0.1, 0.15) is 20.3 Å². The summed E-state index contributed by atoms with van der Waals surface area (Å²) < 4.78 is 0. The lowest BCUT2D eigenvalue weighted by atomic mass is 10.1. The third-order valence-corrected chi connectivity index (χ3v) is 1.63. The van der Waals surface area contributed by atoms with Crippen LogP contribution in [0.4, 0.5) is 0 Å². The normalized spacial score (nSPS) is 10.8. The molecule has 0 fully saturated rings. The lowest BCUT2D eigenvalue weighted by Gasteiger charge is -2.05. The summed E-state index contributed by atoms with van der Waals surface area (Å²) in [6.45, 7) is 4.24. The van der Waals surface area contributed by atoms with E-state index in [9.17, 15) is 14.4 Å². The molecule has 0 aromatic heterocycles. The lowest BCUT2D eigenvalue weighted by molar-refractivity contribution is -0.137. The Morgan fingerprint density at radius 3 is 2.12 bits per heavy atom. The average molecular weight is 228 g/mol. The van der Waals surface area contributed by atoms with Gasteiger partial charge in [0.25, 0.3) is 0 Å². The number of aliphatic carboxylic acids is 1. The Balaban J connectivity index is 4.71. The molecule has 0 atom stereocenters. The van der Waals surface area contributed by atoms with Crippen LogP contribution in [0.5, 0.6) is 0 Å². The van der Waals surface area contributed by atoms with Crippen LogP contribution < -0.4 is 10.6 Å². The van der Waals surface area contributed by atoms with Crippen molar-refractivity contribution in [3.63, 3.8) is 0 Å². The molecule has 0 aromatic carbocycles. The first-order chi connectivity index (χ1) is 7.51. The van der Waals surface area contributed by atoms with Gasteiger partial charge in [-0.3, -0.25) is 14.4 Å². The fraction of sp³-hybridized carbons (Fsp3) is 0.500. The Hall–Kier alpha value is -1.85. The molecule has 0 aromatic rings. The highest BCUT2D eigenvalue weighted by Crippen LogP contribution is 2.01. The van der Waals surface area contributed by atoms with Crippen LogP contribution in [-0.2, 0) is 14.4 Å². The van der Waals surface area contributed by atoms with Crippen LogP contribution in [0.15, 0.2) is 11.6 Å². The summed E-state index contributed by atoms with van der Waals surface area (Å²) in [5, 5.41) is 13.5. The highest BCUT2D eigenvalue weighted by Gasteiger charge is 2.13. The Morgan fingerprint density at radius 1 is 1.12 bits per heavy atom. The molecule has 6 heteroatoms. The van der Waals surface area contributed by atoms with Gasteiger partial charge in [0.2, 0.25) is 11.8 Å². The van der Waals surface area contributed by atoms with Crippen molar-refractivity contribution < 1.29 is 19.5 Å². The minimum atomic E-state index is -1.15. The summed E-state index contributed by atoms with van der Waals surface area (Å²) in [7, 11) is 0. The first kappa shape index (κ1) is 14.2. The average Bonchev–Trinajstić information content (AvgIpc) is 2.16. The zero-order chi connectivity index (χ0) is 12.6. The number of rotatable bonds is 6. The number of carboxylic acid groups (broad SMARTS) is 1. The summed E-state index contributed by atoms with van der Waals surface area (Å²) in [6, 6.07) is 0. The molecule has 2 amide bonds. The fourth-order valence-corrected chi connectivity index (χ4v) is 1.02. The standard InChI is InChI=1S/C10H16N2O4/c1-3-11-8(13)5-7(6-9(14)15)10(16)12-4-2/h5H,3-4,6H2,1-2H3,(H,11,13)(H,12,16)(H,14,15). The van der Waals surface area contributed by atoms with Crippen LogP contribution in [0, 0.1) is 0 Å². The van der Waals surface area contributed by atoms with Crippen molar-refractivity contribution in [2.75, 3.05) is 13.1 Å². The second kappa shape index (κ2) is 7.44. The molecule has 0 spiro atoms. The molecule has 0 rings (SSSR count). The molecule has 90 valence electrons. The van der Waals surface area contributed by atoms with Gasteiger partial charge in [-0.2, -0.15) is 0 Å². The molecule has 0 saturated carbocycles. The van der Waals surface area contributed by atoms with Gasteiger partial charge in [-0.25, -0.2) is 0 Å². The molecule has 0 aliphatic rings. The maximum atomic E-state index is 11.4. The van der Waals surface area contributed by atoms with E-state index < -0.39 is 24.2 Å². The van der Waals surface area contributed by atoms with Gasteiger partial charge in [0.15, 0.2) is 0 Å². The summed E-state index contributed by atoms with van der Waals surface area (Å²) in [5.74, 6) is -2.15. The van der Waals surface area contributed by atoms with Crippen LogP contribution in [-0.4, -0.2) is 36.0 Å². The van der Waals surface area contributed by atoms with Crippen molar-refractivity contribution in [1.29, 1.82) is 0 Å². The van der Waals surface area contributed by atoms with E-state index in [0.29, 0.717) is 13.1 Å². The quantitative estimate of drug-likeness (QED) is 0.542. The number of carbonyl (C=O) groups excluding carboxylic acids is 2. The van der Waals surface area contributed by atoms with E-state index in [0.717, 1.165) is 6.08 Å². The molecule has 0 aliphatic heterocycles. The second-order valence-corrected chi connectivity index (χ2v) is 2.99. The Kier molecular flexibility index (Phi) is 6.58. The molecule has 0 saturated heterocycles. The van der Waals surface area contributed by atoms with Gasteiger partial charge < -0.3 is 15.7 Å². The number of amides is 2. The molecule has 6 nitrogen and oxygen atoms in total. The fourth-order valence-electron chi connectivity index (χ4n) is 1.02. The van der Waals surface area contributed by atoms with Crippen molar-refractivity contribution in [2.45, 2.75) is 20.3 Å². The molecule has 16 heavy (non-hydrogen) atoms. The summed E-state index contributed by atoms with van der Waals surface area (Å²) in [4.78, 5) is 33.1. The van der Waals surface area contributed by atoms with E-state index in [-0.39, 0.29) is 5.57 Å². The molecule has 0 aliphatic carbocycles. The molecule has 0 heterocycles. The topological polar surface area (TPSA) is 95.5 Å². The van der Waals surface area contributed by atoms with Gasteiger partial charge >= 0.3 is 5.97 Å². The van der Waals surface area contributed by atoms with Gasteiger partial charge in [-0.05, 0) is 13.8 Å². The molecule has 0 radical (unpaired) electrons. The van der Waals surface area contributed by atoms with Gasteiger partial charge in [-0.1, -0.05) is 0 Å². The minimum Gasteiger partial charge on any atom is -0.481 e. The largest absolute Gasteiger partial charge is 0.481 e. The van der Waals surface area contributed by atoms with Gasteiger partial charge in [0, 0.05) is 24.7 Å². The molecular formula is C10H16N2O4. The van der Waals surface area contributed by atoms with Crippen LogP contribution in [0.2, 0.25) is 0 Å². The van der Waals surface area contributed by atoms with Gasteiger partial charge in [0.05, 0.1) is 6.42 Å². The Morgan fingerprint density at radius 2 is 1.69 bits per heavy atom. The van der Waals surface area contributed by atoms with E-state index in [1.807, 2.05) is 0 Å². The van der Waals surface area contributed by atoms with E-state index in [1.54, 1.807) is 13.8 Å².